The molecule has 0 aromatic heterocycles. The number of hydrogen-bond acceptors (Lipinski definition) is 5. The number of nitrogens with zero attached hydrogens (tertiary/aromatic N) is 1. The fourth-order valence-electron chi connectivity index (χ4n) is 2.67. The van der Waals surface area contributed by atoms with Crippen LogP contribution in [0.5, 0.6) is 11.5 Å². The minimum Gasteiger partial charge on any atom is -0.493 e. The predicted molar refractivity (Wildman–Crippen MR) is 133 cm³/mol. The van der Waals surface area contributed by atoms with E-state index in [1.807, 2.05) is 0 Å². The highest BCUT2D eigenvalue weighted by Crippen LogP contribution is 2.36. The highest BCUT2D eigenvalue weighted by molar-refractivity contribution is 9.10. The molecular formula is C23H18BrCl2N3O4. The highest BCUT2D eigenvalue weighted by Gasteiger charge is 2.14. The average molecular weight is 551 g/mol. The molecule has 0 fully saturated rings. The van der Waals surface area contributed by atoms with Gasteiger partial charge in [-0.3, -0.25) is 9.59 Å². The number of anilines is 1. The van der Waals surface area contributed by atoms with Gasteiger partial charge in [0.05, 0.1) is 29.1 Å². The number of nitrogens with one attached hydrogen (secondary N) is 2. The van der Waals surface area contributed by atoms with Crippen molar-refractivity contribution in [1.29, 1.82) is 0 Å². The van der Waals surface area contributed by atoms with Gasteiger partial charge in [0, 0.05) is 10.0 Å². The molecule has 0 radical (unpaired) electrons. The van der Waals surface area contributed by atoms with E-state index in [1.165, 1.54) is 13.3 Å². The fraction of sp³-hybridized carbons (Fsp3) is 0.0870. The van der Waals surface area contributed by atoms with E-state index in [-0.39, 0.29) is 23.3 Å². The van der Waals surface area contributed by atoms with Crippen molar-refractivity contribution in [2.75, 3.05) is 19.0 Å². The zero-order valence-electron chi connectivity index (χ0n) is 17.3. The van der Waals surface area contributed by atoms with Crippen LogP contribution in [-0.2, 0) is 4.79 Å². The Morgan fingerprint density at radius 3 is 2.48 bits per heavy atom. The zero-order chi connectivity index (χ0) is 23.8. The Hall–Kier alpha value is -3.07. The van der Waals surface area contributed by atoms with E-state index < -0.39 is 5.91 Å². The van der Waals surface area contributed by atoms with Gasteiger partial charge in [-0.05, 0) is 54.1 Å². The normalized spacial score (nSPS) is 10.7. The molecule has 7 nitrogen and oxygen atoms in total. The number of methoxy groups -OCH3 is 1. The van der Waals surface area contributed by atoms with Crippen molar-refractivity contribution < 1.29 is 19.1 Å². The van der Waals surface area contributed by atoms with Gasteiger partial charge < -0.3 is 14.8 Å². The molecule has 0 bridgehead atoms. The molecule has 0 saturated carbocycles. The van der Waals surface area contributed by atoms with E-state index in [0.717, 1.165) is 4.47 Å². The Morgan fingerprint density at radius 2 is 1.79 bits per heavy atom. The van der Waals surface area contributed by atoms with Gasteiger partial charge in [-0.15, -0.1) is 0 Å². The SMILES string of the molecule is COc1cc(/C=N/NC(=O)c2ccc(Br)cc2)cc(Cl)c1OCC(=O)Nc1ccccc1Cl. The number of halogens is 3. The average Bonchev–Trinajstić information content (AvgIpc) is 2.80. The molecule has 0 aliphatic heterocycles. The lowest BCUT2D eigenvalue weighted by molar-refractivity contribution is -0.118. The second-order valence-corrected chi connectivity index (χ2v) is 8.29. The molecule has 3 aromatic rings. The molecule has 33 heavy (non-hydrogen) atoms. The van der Waals surface area contributed by atoms with E-state index >= 15 is 0 Å². The zero-order valence-corrected chi connectivity index (χ0v) is 20.4. The van der Waals surface area contributed by atoms with Crippen LogP contribution in [-0.4, -0.2) is 31.7 Å². The van der Waals surface area contributed by atoms with Gasteiger partial charge in [0.25, 0.3) is 11.8 Å². The maximum atomic E-state index is 12.2. The Kier molecular flexibility index (Phi) is 8.71. The maximum Gasteiger partial charge on any atom is 0.271 e. The van der Waals surface area contributed by atoms with Gasteiger partial charge in [-0.2, -0.15) is 5.10 Å². The molecular weight excluding hydrogens is 533 g/mol. The first-order chi connectivity index (χ1) is 15.9. The molecule has 170 valence electrons. The lowest BCUT2D eigenvalue weighted by Crippen LogP contribution is -2.20. The summed E-state index contributed by atoms with van der Waals surface area (Å²) in [7, 11) is 1.44. The monoisotopic (exact) mass is 549 g/mol. The summed E-state index contributed by atoms with van der Waals surface area (Å²) in [5.41, 5.74) is 3.94. The maximum absolute atomic E-state index is 12.2. The van der Waals surface area contributed by atoms with Gasteiger partial charge in [0.1, 0.15) is 0 Å². The van der Waals surface area contributed by atoms with Crippen molar-refractivity contribution in [3.05, 3.63) is 86.3 Å². The van der Waals surface area contributed by atoms with Crippen LogP contribution in [0.4, 0.5) is 5.69 Å². The Bertz CT molecular complexity index is 1190. The summed E-state index contributed by atoms with van der Waals surface area (Å²) in [5.74, 6) is -0.276. The third kappa shape index (κ3) is 6.95. The molecule has 3 rings (SSSR count). The van der Waals surface area contributed by atoms with Crippen molar-refractivity contribution in [1.82, 2.24) is 5.43 Å². The second-order valence-electron chi connectivity index (χ2n) is 6.56. The number of carbonyl (C=O) groups excluding carboxylic acids is 2. The molecule has 0 unspecified atom stereocenters. The molecule has 0 aliphatic carbocycles. The molecule has 3 aromatic carbocycles. The third-order valence-corrected chi connectivity index (χ3v) is 5.37. The third-order valence-electron chi connectivity index (χ3n) is 4.23. The first-order valence-corrected chi connectivity index (χ1v) is 11.1. The largest absolute Gasteiger partial charge is 0.493 e. The van der Waals surface area contributed by atoms with Gasteiger partial charge in [-0.25, -0.2) is 5.43 Å². The summed E-state index contributed by atoms with van der Waals surface area (Å²) in [4.78, 5) is 24.3. The van der Waals surface area contributed by atoms with Crippen molar-refractivity contribution in [2.45, 2.75) is 0 Å². The number of carbonyl (C=O) groups is 2. The van der Waals surface area contributed by atoms with Crippen LogP contribution >= 0.6 is 39.1 Å². The summed E-state index contributed by atoms with van der Waals surface area (Å²) in [5, 5.41) is 7.23. The summed E-state index contributed by atoms with van der Waals surface area (Å²) in [6.45, 7) is -0.308. The Balaban J connectivity index is 1.63. The summed E-state index contributed by atoms with van der Waals surface area (Å²) >= 11 is 15.7. The number of para-hydroxylation sites is 1. The van der Waals surface area contributed by atoms with Crippen molar-refractivity contribution in [3.8, 4) is 11.5 Å². The van der Waals surface area contributed by atoms with Crippen LogP contribution in [0.25, 0.3) is 0 Å². The number of rotatable bonds is 8. The molecule has 0 aliphatic rings. The number of hydrazone groups is 1. The number of hydrogen-bond donors (Lipinski definition) is 2. The van der Waals surface area contributed by atoms with E-state index in [9.17, 15) is 9.59 Å². The standard InChI is InChI=1S/C23H18BrCl2N3O4/c1-32-20-11-14(12-27-29-23(31)15-6-8-16(24)9-7-15)10-18(26)22(20)33-13-21(30)28-19-5-3-2-4-17(19)25/h2-12H,13H2,1H3,(H,28,30)(H,29,31)/b27-12+. The smallest absolute Gasteiger partial charge is 0.271 e. The fourth-order valence-corrected chi connectivity index (χ4v) is 3.39. The van der Waals surface area contributed by atoms with Crippen LogP contribution in [0.2, 0.25) is 10.0 Å². The summed E-state index contributed by atoms with van der Waals surface area (Å²) in [6.07, 6.45) is 1.42. The van der Waals surface area contributed by atoms with Gasteiger partial charge >= 0.3 is 0 Å². The molecule has 0 saturated heterocycles. The summed E-state index contributed by atoms with van der Waals surface area (Å²) < 4.78 is 11.8. The van der Waals surface area contributed by atoms with Crippen LogP contribution in [0.3, 0.4) is 0 Å². The number of ether oxygens (including phenoxy) is 2. The molecule has 0 atom stereocenters. The quantitative estimate of drug-likeness (QED) is 0.284. The van der Waals surface area contributed by atoms with Gasteiger partial charge in [0.15, 0.2) is 18.1 Å². The first-order valence-electron chi connectivity index (χ1n) is 9.51. The Labute approximate surface area is 208 Å². The van der Waals surface area contributed by atoms with Crippen LogP contribution < -0.4 is 20.2 Å². The van der Waals surface area contributed by atoms with Gasteiger partial charge in [-0.1, -0.05) is 51.3 Å². The summed E-state index contributed by atoms with van der Waals surface area (Å²) in [6, 6.07) is 16.9. The lowest BCUT2D eigenvalue weighted by Gasteiger charge is -2.13. The predicted octanol–water partition coefficient (Wildman–Crippen LogP) is 5.55. The molecule has 10 heteroatoms. The second kappa shape index (κ2) is 11.7. The van der Waals surface area contributed by atoms with Crippen LogP contribution in [0, 0.1) is 0 Å². The van der Waals surface area contributed by atoms with E-state index in [1.54, 1.807) is 60.7 Å². The highest BCUT2D eigenvalue weighted by atomic mass is 79.9. The first kappa shape index (κ1) is 24.6. The van der Waals surface area contributed by atoms with Crippen molar-refractivity contribution in [2.24, 2.45) is 5.10 Å². The Morgan fingerprint density at radius 1 is 1.06 bits per heavy atom. The van der Waals surface area contributed by atoms with Crippen LogP contribution in [0.15, 0.2) is 70.2 Å². The minimum atomic E-state index is -0.414. The van der Waals surface area contributed by atoms with E-state index in [2.05, 4.69) is 31.8 Å². The molecule has 0 heterocycles. The topological polar surface area (TPSA) is 89.0 Å². The van der Waals surface area contributed by atoms with Crippen molar-refractivity contribution in [3.63, 3.8) is 0 Å². The van der Waals surface area contributed by atoms with E-state index in [0.29, 0.717) is 27.6 Å². The molecule has 2 N–H and O–H groups in total. The van der Waals surface area contributed by atoms with E-state index in [4.69, 9.17) is 32.7 Å². The van der Waals surface area contributed by atoms with Crippen molar-refractivity contribution >= 4 is 62.8 Å². The minimum absolute atomic E-state index is 0.199. The number of amides is 2. The molecule has 0 spiro atoms. The molecule has 2 amide bonds. The van der Waals surface area contributed by atoms with Crippen LogP contribution in [0.1, 0.15) is 15.9 Å². The number of benzene rings is 3. The lowest BCUT2D eigenvalue weighted by atomic mass is 10.2. The van der Waals surface area contributed by atoms with Gasteiger partial charge in [0.2, 0.25) is 0 Å².